The molecule has 8 aromatic rings. The van der Waals surface area contributed by atoms with E-state index in [9.17, 15) is 0 Å². The third-order valence-corrected chi connectivity index (χ3v) is 12.7. The second-order valence-electron chi connectivity index (χ2n) is 16.5. The van der Waals surface area contributed by atoms with Gasteiger partial charge in [-0.2, -0.15) is 0 Å². The number of hydrogen-bond acceptors (Lipinski definition) is 1. The van der Waals surface area contributed by atoms with Gasteiger partial charge in [-0.1, -0.05) is 191 Å². The number of furan rings is 1. The van der Waals surface area contributed by atoms with Crippen LogP contribution >= 0.6 is 0 Å². The number of rotatable bonds is 7. The van der Waals surface area contributed by atoms with Crippen molar-refractivity contribution in [1.82, 2.24) is 0 Å². The SMILES string of the molecule is C=Cc1ccccc1C(=C)C1=c2\cccc\c2=C(c2ccc(C(=C)c3cc4c(cc3C3=Cc5ccccc5C3(C)C)oc3ccccc34)c3ccccc23)\C=C\CC\C=C\1. The molecule has 0 fully saturated rings. The average Bonchev–Trinajstić information content (AvgIpc) is 3.79. The van der Waals surface area contributed by atoms with E-state index in [-0.39, 0.29) is 5.41 Å². The topological polar surface area (TPSA) is 13.1 Å². The lowest BCUT2D eigenvalue weighted by Crippen LogP contribution is -2.29. The molecule has 7 aromatic carbocycles. The molecule has 60 heavy (non-hydrogen) atoms. The van der Waals surface area contributed by atoms with Gasteiger partial charge in [0.25, 0.3) is 0 Å². The highest BCUT2D eigenvalue weighted by atomic mass is 16.3. The van der Waals surface area contributed by atoms with E-state index in [4.69, 9.17) is 17.6 Å². The van der Waals surface area contributed by atoms with E-state index in [0.29, 0.717) is 0 Å². The van der Waals surface area contributed by atoms with Crippen molar-refractivity contribution >= 4 is 72.7 Å². The van der Waals surface area contributed by atoms with Crippen molar-refractivity contribution in [3.8, 4) is 0 Å². The van der Waals surface area contributed by atoms with Gasteiger partial charge in [0.05, 0.1) is 0 Å². The summed E-state index contributed by atoms with van der Waals surface area (Å²) in [5.74, 6) is 0. The fourth-order valence-electron chi connectivity index (χ4n) is 9.59. The van der Waals surface area contributed by atoms with Gasteiger partial charge in [0, 0.05) is 16.2 Å². The minimum absolute atomic E-state index is 0.215. The second-order valence-corrected chi connectivity index (χ2v) is 16.5. The molecule has 1 nitrogen and oxygen atoms in total. The van der Waals surface area contributed by atoms with Gasteiger partial charge < -0.3 is 4.42 Å². The molecule has 0 radical (unpaired) electrons. The molecule has 2 aliphatic carbocycles. The Morgan fingerprint density at radius 1 is 0.567 bits per heavy atom. The molecule has 1 aromatic heterocycles. The van der Waals surface area contributed by atoms with Crippen LogP contribution in [0.15, 0.2) is 194 Å². The molecule has 0 bridgehead atoms. The van der Waals surface area contributed by atoms with E-state index in [0.717, 1.165) is 89.9 Å². The first-order valence-corrected chi connectivity index (χ1v) is 20.9. The molecule has 0 unspecified atom stereocenters. The van der Waals surface area contributed by atoms with Crippen LogP contribution in [0.3, 0.4) is 0 Å². The summed E-state index contributed by atoms with van der Waals surface area (Å²) in [5, 5.41) is 6.86. The Balaban J connectivity index is 1.20. The predicted molar refractivity (Wildman–Crippen MR) is 258 cm³/mol. The molecule has 0 saturated heterocycles. The van der Waals surface area contributed by atoms with Gasteiger partial charge in [-0.25, -0.2) is 0 Å². The summed E-state index contributed by atoms with van der Waals surface area (Å²) in [6, 6.07) is 52.2. The van der Waals surface area contributed by atoms with Gasteiger partial charge in [0.15, 0.2) is 0 Å². The molecule has 10 rings (SSSR count). The van der Waals surface area contributed by atoms with Crippen LogP contribution in [-0.4, -0.2) is 0 Å². The third-order valence-electron chi connectivity index (χ3n) is 12.7. The third kappa shape index (κ3) is 6.09. The monoisotopic (exact) mass is 770 g/mol. The number of para-hydroxylation sites is 1. The van der Waals surface area contributed by atoms with E-state index >= 15 is 0 Å². The van der Waals surface area contributed by atoms with Crippen molar-refractivity contribution in [1.29, 1.82) is 0 Å². The Hall–Kier alpha value is -7.22. The van der Waals surface area contributed by atoms with E-state index < -0.39 is 0 Å². The normalized spacial score (nSPS) is 17.5. The molecule has 2 aliphatic rings. The van der Waals surface area contributed by atoms with Crippen molar-refractivity contribution < 1.29 is 4.42 Å². The molecule has 0 spiro atoms. The molecule has 0 amide bonds. The van der Waals surface area contributed by atoms with Gasteiger partial charge in [-0.15, -0.1) is 0 Å². The number of benzene rings is 7. The Labute approximate surface area is 352 Å². The van der Waals surface area contributed by atoms with Crippen LogP contribution in [0.1, 0.15) is 71.2 Å². The molecule has 0 atom stereocenters. The van der Waals surface area contributed by atoms with Crippen LogP contribution in [0.25, 0.3) is 72.7 Å². The number of fused-ring (bicyclic) bond motifs is 6. The first kappa shape index (κ1) is 37.1. The fraction of sp³-hybridized carbons (Fsp3) is 0.0847. The van der Waals surface area contributed by atoms with Crippen molar-refractivity contribution in [2.24, 2.45) is 0 Å². The van der Waals surface area contributed by atoms with Gasteiger partial charge >= 0.3 is 0 Å². The zero-order valence-corrected chi connectivity index (χ0v) is 34.3. The van der Waals surface area contributed by atoms with Crippen molar-refractivity contribution in [3.63, 3.8) is 0 Å². The van der Waals surface area contributed by atoms with Crippen LogP contribution < -0.4 is 10.4 Å². The lowest BCUT2D eigenvalue weighted by molar-refractivity contribution is 0.668. The zero-order chi connectivity index (χ0) is 41.0. The van der Waals surface area contributed by atoms with Gasteiger partial charge in [-0.3, -0.25) is 0 Å². The van der Waals surface area contributed by atoms with Gasteiger partial charge in [0.1, 0.15) is 11.2 Å². The Morgan fingerprint density at radius 3 is 2.07 bits per heavy atom. The highest BCUT2D eigenvalue weighted by Gasteiger charge is 2.35. The van der Waals surface area contributed by atoms with Crippen molar-refractivity contribution in [2.45, 2.75) is 32.1 Å². The maximum absolute atomic E-state index is 6.53. The molecule has 288 valence electrons. The molecule has 1 heteroatoms. The molecule has 0 aliphatic heterocycles. The zero-order valence-electron chi connectivity index (χ0n) is 34.3. The minimum Gasteiger partial charge on any atom is -0.456 e. The first-order valence-electron chi connectivity index (χ1n) is 20.9. The van der Waals surface area contributed by atoms with Crippen molar-refractivity contribution in [3.05, 3.63) is 245 Å². The minimum atomic E-state index is -0.215. The lowest BCUT2D eigenvalue weighted by atomic mass is 9.76. The second kappa shape index (κ2) is 14.9. The summed E-state index contributed by atoms with van der Waals surface area (Å²) in [4.78, 5) is 0. The number of allylic oxidation sites excluding steroid dienone is 6. The Morgan fingerprint density at radius 2 is 1.25 bits per heavy atom. The molecular formula is C59H46O. The molecular weight excluding hydrogens is 725 g/mol. The quantitative estimate of drug-likeness (QED) is 0.157. The van der Waals surface area contributed by atoms with E-state index in [2.05, 4.69) is 190 Å². The first-order chi connectivity index (χ1) is 29.3. The van der Waals surface area contributed by atoms with Crippen LogP contribution in [0.2, 0.25) is 0 Å². The van der Waals surface area contributed by atoms with E-state index in [1.54, 1.807) is 0 Å². The summed E-state index contributed by atoms with van der Waals surface area (Å²) in [6.45, 7) is 18.4. The van der Waals surface area contributed by atoms with Crippen molar-refractivity contribution in [2.75, 3.05) is 0 Å². The molecule has 0 N–H and O–H groups in total. The largest absolute Gasteiger partial charge is 0.456 e. The van der Waals surface area contributed by atoms with Crippen LogP contribution in [0, 0.1) is 0 Å². The maximum atomic E-state index is 6.53. The van der Waals surface area contributed by atoms with Crippen LogP contribution in [0.5, 0.6) is 0 Å². The maximum Gasteiger partial charge on any atom is 0.136 e. The summed E-state index contributed by atoms with van der Waals surface area (Å²) >= 11 is 0. The van der Waals surface area contributed by atoms with Gasteiger partial charge in [0.2, 0.25) is 0 Å². The lowest BCUT2D eigenvalue weighted by Gasteiger charge is -2.27. The van der Waals surface area contributed by atoms with E-state index in [1.807, 2.05) is 12.1 Å². The van der Waals surface area contributed by atoms with E-state index in [1.165, 1.54) is 38.4 Å². The molecule has 1 heterocycles. The summed E-state index contributed by atoms with van der Waals surface area (Å²) in [6.07, 6.45) is 15.3. The van der Waals surface area contributed by atoms with Gasteiger partial charge in [-0.05, 0) is 131 Å². The van der Waals surface area contributed by atoms with Crippen LogP contribution in [0.4, 0.5) is 0 Å². The standard InChI is InChI=1S/C59H46O/c1-6-40-21-11-13-23-42(40)38(2)43-24-9-7-8-10-25-49(47-28-16-14-26-45(43)47)50-34-33-44(46-27-15-17-29-48(46)50)39(3)52-36-54-51-30-18-20-32-57(51)60-58(54)37-53(52)56-35-41-22-12-19-31-55(41)59(56,4)5/h6,9-37H,1-3,7-8H2,4-5H3/b24-9+,25-10+,45-43+,49-47+. The summed E-state index contributed by atoms with van der Waals surface area (Å²) in [5.41, 5.74) is 16.4. The average molecular weight is 771 g/mol. The fourth-order valence-corrected chi connectivity index (χ4v) is 9.59. The predicted octanol–water partition coefficient (Wildman–Crippen LogP) is 14.2. The Bertz CT molecular complexity index is 3330. The Kier molecular flexibility index (Phi) is 9.18. The summed E-state index contributed by atoms with van der Waals surface area (Å²) in [7, 11) is 0. The highest BCUT2D eigenvalue weighted by Crippen LogP contribution is 2.50. The highest BCUT2D eigenvalue weighted by molar-refractivity contribution is 6.11. The number of hydrogen-bond donors (Lipinski definition) is 0. The van der Waals surface area contributed by atoms with Crippen LogP contribution in [-0.2, 0) is 5.41 Å². The smallest absolute Gasteiger partial charge is 0.136 e. The summed E-state index contributed by atoms with van der Waals surface area (Å²) < 4.78 is 6.53. The molecule has 0 saturated carbocycles.